The van der Waals surface area contributed by atoms with Crippen LogP contribution in [0.15, 0.2) is 49.9 Å². The zero-order chi connectivity index (χ0) is 23.7. The van der Waals surface area contributed by atoms with Crippen molar-refractivity contribution in [2.75, 3.05) is 0 Å². The van der Waals surface area contributed by atoms with Gasteiger partial charge in [-0.1, -0.05) is 0 Å². The number of hydrogen-bond acceptors (Lipinski definition) is 7. The minimum atomic E-state index is -4.87. The van der Waals surface area contributed by atoms with E-state index in [1.165, 1.54) is 31.6 Å². The van der Waals surface area contributed by atoms with E-state index >= 15 is 0 Å². The Kier molecular flexibility index (Phi) is 6.41. The Balaban J connectivity index is 2.60. The van der Waals surface area contributed by atoms with Gasteiger partial charge in [-0.2, -0.15) is 0 Å². The summed E-state index contributed by atoms with van der Waals surface area (Å²) in [6, 6.07) is 5.62. The second kappa shape index (κ2) is 7.86. The molecule has 0 spiro atoms. The van der Waals surface area contributed by atoms with Crippen LogP contribution in [0.1, 0.15) is 15.0 Å². The molecule has 2 N–H and O–H groups in total. The summed E-state index contributed by atoms with van der Waals surface area (Å²) in [6.45, 7) is 0. The van der Waals surface area contributed by atoms with Crippen LogP contribution in [0.5, 0.6) is 0 Å². The first kappa shape index (κ1) is 25.3. The monoisotopic (exact) mass is 706 g/mol. The van der Waals surface area contributed by atoms with Crippen LogP contribution in [-0.4, -0.2) is 67.7 Å². The van der Waals surface area contributed by atoms with Crippen molar-refractivity contribution >= 4 is 72.1 Å². The Morgan fingerprint density at radius 1 is 0.903 bits per heavy atom. The summed E-state index contributed by atoms with van der Waals surface area (Å²) >= 11 is -8.39. The fraction of sp³-hybridized carbons (Fsp3) is 0.294. The van der Waals surface area contributed by atoms with Crippen LogP contribution < -0.4 is 3.51 Å². The Hall–Kier alpha value is -0.354. The van der Waals surface area contributed by atoms with Gasteiger partial charge in [-0.3, -0.25) is 0 Å². The third-order valence-electron chi connectivity index (χ3n) is 4.85. The Bertz CT molecular complexity index is 1450. The van der Waals surface area contributed by atoms with Gasteiger partial charge in [-0.25, -0.2) is 0 Å². The van der Waals surface area contributed by atoms with E-state index in [0.717, 1.165) is 18.2 Å². The number of benzene rings is 2. The summed E-state index contributed by atoms with van der Waals surface area (Å²) in [6.07, 6.45) is 0. The molecule has 2 aromatic rings. The molecule has 0 aliphatic carbocycles. The summed E-state index contributed by atoms with van der Waals surface area (Å²) in [7, 11) is -11.9. The van der Waals surface area contributed by atoms with Gasteiger partial charge in [0, 0.05) is 0 Å². The molecule has 0 aromatic heterocycles. The van der Waals surface area contributed by atoms with Gasteiger partial charge in [0.25, 0.3) is 0 Å². The molecule has 2 aromatic carbocycles. The summed E-state index contributed by atoms with van der Waals surface area (Å²) in [5.74, 6) is 0. The third-order valence-corrected chi connectivity index (χ3v) is 17.8. The third kappa shape index (κ3) is 4.67. The fourth-order valence-corrected chi connectivity index (χ4v) is 17.2. The van der Waals surface area contributed by atoms with Crippen LogP contribution in [0.4, 0.5) is 0 Å². The molecular weight excluding hydrogens is 688 g/mol. The number of hydrogen-bond donors (Lipinski definition) is 2. The second-order valence-corrected chi connectivity index (χ2v) is 30.9. The molecule has 31 heavy (non-hydrogen) atoms. The molecule has 1 aliphatic heterocycles. The van der Waals surface area contributed by atoms with Crippen LogP contribution in [0.25, 0.3) is 0 Å². The molecule has 3 rings (SSSR count). The second-order valence-electron chi connectivity index (χ2n) is 7.93. The maximum absolute atomic E-state index is 13.5. The molecule has 2 atom stereocenters. The van der Waals surface area contributed by atoms with Crippen molar-refractivity contribution in [3.8, 4) is 0 Å². The van der Waals surface area contributed by atoms with Crippen molar-refractivity contribution in [1.82, 2.24) is 0 Å². The van der Waals surface area contributed by atoms with Gasteiger partial charge in [-0.05, 0) is 0 Å². The molecule has 14 heteroatoms. The van der Waals surface area contributed by atoms with Crippen molar-refractivity contribution in [2.45, 2.75) is 42.9 Å². The van der Waals surface area contributed by atoms with Crippen LogP contribution in [0, 0.1) is 0 Å². The average molecular weight is 708 g/mol. The predicted octanol–water partition coefficient (Wildman–Crippen LogP) is 1.81. The summed E-state index contributed by atoms with van der Waals surface area (Å²) in [5.41, 5.74) is 0.365. The number of fused-ring (bicyclic) bond motifs is 2. The van der Waals surface area contributed by atoms with E-state index in [0.29, 0.717) is 0 Å². The summed E-state index contributed by atoms with van der Waals surface area (Å²) in [5, 5.41) is 0. The minimum absolute atomic E-state index is 0.109. The van der Waals surface area contributed by atoms with Crippen molar-refractivity contribution in [3.05, 3.63) is 41.5 Å². The number of rotatable bonds is 4. The van der Waals surface area contributed by atoms with Gasteiger partial charge in [-0.15, -0.1) is 0 Å². The van der Waals surface area contributed by atoms with Gasteiger partial charge in [0.15, 0.2) is 0 Å². The van der Waals surface area contributed by atoms with Crippen LogP contribution >= 0.6 is 0 Å². The van der Waals surface area contributed by atoms with Gasteiger partial charge >= 0.3 is 193 Å². The molecule has 9 nitrogen and oxygen atoms in total. The Morgan fingerprint density at radius 2 is 1.48 bits per heavy atom. The molecule has 0 bridgehead atoms. The zero-order valence-corrected chi connectivity index (χ0v) is 24.4. The first-order chi connectivity index (χ1) is 13.8. The molecule has 170 valence electrons. The van der Waals surface area contributed by atoms with Crippen LogP contribution in [-0.2, 0) is 37.1 Å². The van der Waals surface area contributed by atoms with E-state index in [-0.39, 0.29) is 24.4 Å². The molecule has 0 saturated carbocycles. The summed E-state index contributed by atoms with van der Waals surface area (Å²) < 4.78 is 106. The van der Waals surface area contributed by atoms with Crippen molar-refractivity contribution in [1.29, 1.82) is 0 Å². The van der Waals surface area contributed by atoms with E-state index in [4.69, 9.17) is 0 Å². The quantitative estimate of drug-likeness (QED) is 0.357. The zero-order valence-electron chi connectivity index (χ0n) is 16.8. The van der Waals surface area contributed by atoms with Crippen molar-refractivity contribution < 1.29 is 36.2 Å². The van der Waals surface area contributed by atoms with Crippen molar-refractivity contribution in [3.63, 3.8) is 0 Å². The molecule has 0 radical (unpaired) electrons. The van der Waals surface area contributed by atoms with E-state index < -0.39 is 82.3 Å². The molecule has 1 aliphatic rings. The molecule has 1 heterocycles. The van der Waals surface area contributed by atoms with Gasteiger partial charge in [0.1, 0.15) is 0 Å². The van der Waals surface area contributed by atoms with Crippen molar-refractivity contribution in [2.24, 2.45) is 0 Å². The Morgan fingerprint density at radius 3 is 1.94 bits per heavy atom. The molecule has 0 amide bonds. The summed E-state index contributed by atoms with van der Waals surface area (Å²) in [4.78, 5) is 4.34. The van der Waals surface area contributed by atoms with Crippen LogP contribution in [0.3, 0.4) is 0 Å². The van der Waals surface area contributed by atoms with E-state index in [2.05, 4.69) is 0 Å². The normalized spacial score (nSPS) is 19.5. The molecule has 0 fully saturated rings. The topological polar surface area (TPSA) is 160 Å². The maximum atomic E-state index is 13.5. The van der Waals surface area contributed by atoms with E-state index in [1.54, 1.807) is 0 Å². The van der Waals surface area contributed by atoms with E-state index in [9.17, 15) is 36.2 Å². The van der Waals surface area contributed by atoms with Gasteiger partial charge in [0.05, 0.1) is 0 Å². The SMILES string of the molecule is [CH3][Sb]([CH3])(=[O])[c]1ccc(S(=O)(=O)O)c2c1[CH]([Sb]([CH3])([CH3])=[O])c1ccc(S(=O)(=O)O)cc1S2=O. The van der Waals surface area contributed by atoms with Crippen LogP contribution in [0.2, 0.25) is 19.5 Å². The average Bonchev–Trinajstić information content (AvgIpc) is 2.57. The van der Waals surface area contributed by atoms with Gasteiger partial charge in [0.2, 0.25) is 0 Å². The first-order valence-corrected chi connectivity index (χ1v) is 27.7. The standard InChI is InChI=1S/C13H8O7S3.4CH3.2O.2Sb/c14-21-11-7-10(22(15,16)17)5-4-8(11)6-9-2-1-3-12(13(9)21)23(18,19)20;;;;;;;;/h1,3-7H,(H,15,16,17)(H,18,19,20);4*1H3;;;;. The molecular formula is C17H20O9S3Sb2. The first-order valence-electron chi connectivity index (χ1n) is 8.63. The van der Waals surface area contributed by atoms with E-state index in [1.807, 2.05) is 0 Å². The Labute approximate surface area is 191 Å². The predicted molar refractivity (Wildman–Crippen MR) is 115 cm³/mol. The van der Waals surface area contributed by atoms with Gasteiger partial charge < -0.3 is 0 Å². The molecule has 2 unspecified atom stereocenters. The fourth-order valence-electron chi connectivity index (χ4n) is 3.67. The molecule has 0 saturated heterocycles.